The Morgan fingerprint density at radius 3 is 2.50 bits per heavy atom. The van der Waals surface area contributed by atoms with Crippen LogP contribution in [0.2, 0.25) is 0 Å². The van der Waals surface area contributed by atoms with Gasteiger partial charge in [-0.3, -0.25) is 4.79 Å². The van der Waals surface area contributed by atoms with Crippen molar-refractivity contribution in [2.75, 3.05) is 0 Å². The summed E-state index contributed by atoms with van der Waals surface area (Å²) in [6, 6.07) is -1.21. The summed E-state index contributed by atoms with van der Waals surface area (Å²) in [4.78, 5) is 25.1. The topological polar surface area (TPSA) is 83.6 Å². The molecule has 102 valence electrons. The zero-order valence-corrected chi connectivity index (χ0v) is 10.8. The highest BCUT2D eigenvalue weighted by molar-refractivity contribution is 5.87. The van der Waals surface area contributed by atoms with Gasteiger partial charge in [-0.05, 0) is 38.5 Å². The van der Waals surface area contributed by atoms with Gasteiger partial charge >= 0.3 is 5.97 Å². The molecule has 1 saturated carbocycles. The van der Waals surface area contributed by atoms with E-state index in [4.69, 9.17) is 5.73 Å². The van der Waals surface area contributed by atoms with Gasteiger partial charge in [0.15, 0.2) is 0 Å². The number of hydrogen-bond acceptors (Lipinski definition) is 3. The molecule has 0 aromatic heterocycles. The molecule has 5 nitrogen and oxygen atoms in total. The van der Waals surface area contributed by atoms with E-state index in [1.807, 2.05) is 0 Å². The van der Waals surface area contributed by atoms with Crippen LogP contribution in [0.15, 0.2) is 0 Å². The maximum absolute atomic E-state index is 12.2. The standard InChI is InChI=1S/C13H22N2O3/c1-8(14)12(16)15-10-5-3-2-4-9(10)6-7-11(15)13(17)18/h8-11H,2-7,14H2,1H3,(H,17,18)/t8-,9?,10?,11?/m1/s1. The zero-order chi connectivity index (χ0) is 13.3. The summed E-state index contributed by atoms with van der Waals surface area (Å²) < 4.78 is 0. The van der Waals surface area contributed by atoms with Gasteiger partial charge in [0.2, 0.25) is 5.91 Å². The first-order valence-electron chi connectivity index (χ1n) is 6.83. The molecular weight excluding hydrogens is 232 g/mol. The van der Waals surface area contributed by atoms with Gasteiger partial charge in [0, 0.05) is 6.04 Å². The lowest BCUT2D eigenvalue weighted by Crippen LogP contribution is -2.60. The quantitative estimate of drug-likeness (QED) is 0.769. The van der Waals surface area contributed by atoms with Crippen LogP contribution in [0, 0.1) is 5.92 Å². The van der Waals surface area contributed by atoms with Crippen LogP contribution in [0.3, 0.4) is 0 Å². The van der Waals surface area contributed by atoms with E-state index < -0.39 is 18.1 Å². The maximum atomic E-state index is 12.2. The van der Waals surface area contributed by atoms with Gasteiger partial charge in [0.1, 0.15) is 6.04 Å². The van der Waals surface area contributed by atoms with Crippen LogP contribution in [0.1, 0.15) is 45.4 Å². The molecule has 18 heavy (non-hydrogen) atoms. The van der Waals surface area contributed by atoms with E-state index in [1.165, 1.54) is 6.42 Å². The number of piperidine rings is 1. The fraction of sp³-hybridized carbons (Fsp3) is 0.846. The average Bonchev–Trinajstić information content (AvgIpc) is 2.36. The van der Waals surface area contributed by atoms with Crippen molar-refractivity contribution in [2.45, 2.75) is 63.6 Å². The SMILES string of the molecule is C[C@@H](N)C(=O)N1C(C(=O)O)CCC2CCCCC21. The monoisotopic (exact) mass is 254 g/mol. The zero-order valence-electron chi connectivity index (χ0n) is 10.8. The maximum Gasteiger partial charge on any atom is 0.326 e. The first-order valence-corrected chi connectivity index (χ1v) is 6.83. The molecule has 0 aromatic carbocycles. The van der Waals surface area contributed by atoms with Crippen LogP contribution in [0.25, 0.3) is 0 Å². The highest BCUT2D eigenvalue weighted by Crippen LogP contribution is 2.38. The summed E-state index contributed by atoms with van der Waals surface area (Å²) in [5, 5.41) is 9.29. The van der Waals surface area contributed by atoms with Gasteiger partial charge in [-0.25, -0.2) is 4.79 Å². The number of amides is 1. The van der Waals surface area contributed by atoms with Gasteiger partial charge in [-0.15, -0.1) is 0 Å². The first-order chi connectivity index (χ1) is 8.52. The van der Waals surface area contributed by atoms with E-state index in [-0.39, 0.29) is 11.9 Å². The third-order valence-electron chi connectivity index (χ3n) is 4.30. The summed E-state index contributed by atoms with van der Waals surface area (Å²) in [7, 11) is 0. The van der Waals surface area contributed by atoms with Crippen molar-refractivity contribution in [3.8, 4) is 0 Å². The largest absolute Gasteiger partial charge is 0.480 e. The molecule has 1 aliphatic carbocycles. The van der Waals surface area contributed by atoms with Crippen LogP contribution in [-0.2, 0) is 9.59 Å². The molecule has 0 radical (unpaired) electrons. The molecule has 0 aromatic rings. The fourth-order valence-electron chi connectivity index (χ4n) is 3.43. The van der Waals surface area contributed by atoms with Crippen LogP contribution in [-0.4, -0.2) is 40.0 Å². The number of rotatable bonds is 2. The van der Waals surface area contributed by atoms with Crippen molar-refractivity contribution in [1.29, 1.82) is 0 Å². The molecule has 5 heteroatoms. The molecule has 0 bridgehead atoms. The molecule has 0 spiro atoms. The van der Waals surface area contributed by atoms with Crippen LogP contribution < -0.4 is 5.73 Å². The second kappa shape index (κ2) is 5.26. The number of carbonyl (C=O) groups is 2. The Morgan fingerprint density at radius 2 is 1.89 bits per heavy atom. The molecule has 1 aliphatic heterocycles. The molecule has 2 rings (SSSR count). The Kier molecular flexibility index (Phi) is 3.90. The van der Waals surface area contributed by atoms with Crippen molar-refractivity contribution in [3.63, 3.8) is 0 Å². The number of likely N-dealkylation sites (tertiary alicyclic amines) is 1. The molecule has 2 fully saturated rings. The van der Waals surface area contributed by atoms with Gasteiger partial charge in [0.25, 0.3) is 0 Å². The predicted molar refractivity (Wildman–Crippen MR) is 66.9 cm³/mol. The minimum absolute atomic E-state index is 0.0899. The van der Waals surface area contributed by atoms with E-state index in [0.29, 0.717) is 12.3 Å². The molecule has 3 N–H and O–H groups in total. The molecule has 1 saturated heterocycles. The van der Waals surface area contributed by atoms with Gasteiger partial charge in [-0.2, -0.15) is 0 Å². The van der Waals surface area contributed by atoms with Crippen LogP contribution in [0.5, 0.6) is 0 Å². The van der Waals surface area contributed by atoms with E-state index in [2.05, 4.69) is 0 Å². The number of nitrogens with two attached hydrogens (primary N) is 1. The van der Waals surface area contributed by atoms with Crippen LogP contribution >= 0.6 is 0 Å². The second-order valence-corrected chi connectivity index (χ2v) is 5.58. The smallest absolute Gasteiger partial charge is 0.326 e. The van der Waals surface area contributed by atoms with E-state index in [1.54, 1.807) is 11.8 Å². The Labute approximate surface area is 107 Å². The van der Waals surface area contributed by atoms with Crippen molar-refractivity contribution in [2.24, 2.45) is 11.7 Å². The Bertz CT molecular complexity index is 343. The minimum atomic E-state index is -0.895. The second-order valence-electron chi connectivity index (χ2n) is 5.58. The Balaban J connectivity index is 2.24. The van der Waals surface area contributed by atoms with E-state index in [9.17, 15) is 14.7 Å². The molecule has 1 amide bonds. The van der Waals surface area contributed by atoms with Gasteiger partial charge < -0.3 is 15.7 Å². The number of aliphatic carboxylic acids is 1. The van der Waals surface area contributed by atoms with E-state index in [0.717, 1.165) is 25.7 Å². The third kappa shape index (κ3) is 2.36. The fourth-order valence-corrected chi connectivity index (χ4v) is 3.43. The minimum Gasteiger partial charge on any atom is -0.480 e. The van der Waals surface area contributed by atoms with Crippen molar-refractivity contribution in [3.05, 3.63) is 0 Å². The normalized spacial score (nSPS) is 33.7. The summed E-state index contributed by atoms with van der Waals surface area (Å²) in [6.07, 6.45) is 5.79. The number of hydrogen-bond donors (Lipinski definition) is 2. The number of carboxylic acids is 1. The molecule has 2 aliphatic rings. The van der Waals surface area contributed by atoms with Crippen molar-refractivity contribution >= 4 is 11.9 Å². The lowest BCUT2D eigenvalue weighted by molar-refractivity contribution is -0.158. The number of nitrogens with zero attached hydrogens (tertiary/aromatic N) is 1. The highest BCUT2D eigenvalue weighted by atomic mass is 16.4. The highest BCUT2D eigenvalue weighted by Gasteiger charge is 2.44. The molecule has 1 heterocycles. The summed E-state index contributed by atoms with van der Waals surface area (Å²) in [6.45, 7) is 1.63. The van der Waals surface area contributed by atoms with Crippen molar-refractivity contribution < 1.29 is 14.7 Å². The Morgan fingerprint density at radius 1 is 1.22 bits per heavy atom. The Hall–Kier alpha value is -1.10. The van der Waals surface area contributed by atoms with Gasteiger partial charge in [0.05, 0.1) is 6.04 Å². The van der Waals surface area contributed by atoms with Crippen molar-refractivity contribution in [1.82, 2.24) is 4.90 Å². The molecular formula is C13H22N2O3. The lowest BCUT2D eigenvalue weighted by Gasteiger charge is -2.47. The summed E-state index contributed by atoms with van der Waals surface area (Å²) in [5.74, 6) is -0.635. The predicted octanol–water partition coefficient (Wildman–Crippen LogP) is 0.968. The lowest BCUT2D eigenvalue weighted by atomic mass is 9.76. The average molecular weight is 254 g/mol. The third-order valence-corrected chi connectivity index (χ3v) is 4.30. The number of fused-ring (bicyclic) bond motifs is 1. The number of carboxylic acid groups (broad SMARTS) is 1. The summed E-state index contributed by atoms with van der Waals surface area (Å²) in [5.41, 5.74) is 5.67. The van der Waals surface area contributed by atoms with Gasteiger partial charge in [-0.1, -0.05) is 12.8 Å². The molecule has 4 atom stereocenters. The number of carbonyl (C=O) groups excluding carboxylic acids is 1. The van der Waals surface area contributed by atoms with Crippen LogP contribution in [0.4, 0.5) is 0 Å². The first kappa shape index (κ1) is 13.3. The molecule has 3 unspecified atom stereocenters. The van der Waals surface area contributed by atoms with E-state index >= 15 is 0 Å². The summed E-state index contributed by atoms with van der Waals surface area (Å²) >= 11 is 0.